The molecule has 198 valence electrons. The molecule has 6 nitrogen and oxygen atoms in total. The fourth-order valence-electron chi connectivity index (χ4n) is 5.59. The minimum atomic E-state index is -2.26. The summed E-state index contributed by atoms with van der Waals surface area (Å²) < 4.78 is 44.0. The average Bonchev–Trinajstić information content (AvgIpc) is 3.28. The van der Waals surface area contributed by atoms with Crippen LogP contribution < -0.4 is 0 Å². The van der Waals surface area contributed by atoms with E-state index in [1.54, 1.807) is 0 Å². The van der Waals surface area contributed by atoms with E-state index in [0.29, 0.717) is 13.2 Å². The SMILES string of the molecule is CCC[CH2][Sn](/[CH]=C/COCC1O[C@@H]2OC(C)(C)O[C@@H]2[C@H]2OC(C)(C)O[C@@H]12)([CH2]CCC)[CH2]CCC. The summed E-state index contributed by atoms with van der Waals surface area (Å²) in [4.78, 5) is 0. The maximum atomic E-state index is 6.27. The Balaban J connectivity index is 1.59. The van der Waals surface area contributed by atoms with Gasteiger partial charge in [-0.25, -0.2) is 0 Å². The molecule has 0 saturated carbocycles. The first-order chi connectivity index (χ1) is 16.1. The monoisotopic (exact) mass is 590 g/mol. The Morgan fingerprint density at radius 2 is 1.26 bits per heavy atom. The van der Waals surface area contributed by atoms with Gasteiger partial charge in [-0.3, -0.25) is 0 Å². The first-order valence-corrected chi connectivity index (χ1v) is 21.5. The summed E-state index contributed by atoms with van der Waals surface area (Å²) in [5.74, 6) is -1.37. The van der Waals surface area contributed by atoms with Crippen molar-refractivity contribution < 1.29 is 28.4 Å². The topological polar surface area (TPSA) is 55.4 Å². The van der Waals surface area contributed by atoms with Crippen molar-refractivity contribution in [1.82, 2.24) is 0 Å². The molecule has 0 aromatic carbocycles. The summed E-state index contributed by atoms with van der Waals surface area (Å²) in [6.07, 6.45) is 8.91. The van der Waals surface area contributed by atoms with Crippen molar-refractivity contribution >= 4 is 18.4 Å². The molecule has 34 heavy (non-hydrogen) atoms. The van der Waals surface area contributed by atoms with E-state index in [2.05, 4.69) is 30.9 Å². The molecular formula is C27H50O6Sn. The van der Waals surface area contributed by atoms with Crippen LogP contribution in [0, 0.1) is 0 Å². The average molecular weight is 589 g/mol. The Bertz CT molecular complexity index is 629. The molecule has 0 aromatic heterocycles. The van der Waals surface area contributed by atoms with Crippen LogP contribution in [0.2, 0.25) is 13.3 Å². The van der Waals surface area contributed by atoms with Crippen LogP contribution in [0.15, 0.2) is 10.2 Å². The van der Waals surface area contributed by atoms with Crippen LogP contribution in [0.1, 0.15) is 87.0 Å². The first kappa shape index (κ1) is 28.9. The Hall–Kier alpha value is 0.299. The maximum absolute atomic E-state index is 6.27. The third-order valence-electron chi connectivity index (χ3n) is 7.30. The number of unbranched alkanes of at least 4 members (excludes halogenated alkanes) is 3. The van der Waals surface area contributed by atoms with Gasteiger partial charge in [-0.15, -0.1) is 0 Å². The molecule has 1 unspecified atom stereocenters. The van der Waals surface area contributed by atoms with Gasteiger partial charge >= 0.3 is 213 Å². The normalized spacial score (nSPS) is 32.3. The molecule has 5 atom stereocenters. The van der Waals surface area contributed by atoms with E-state index in [-0.39, 0.29) is 24.4 Å². The molecule has 0 radical (unpaired) electrons. The molecule has 0 spiro atoms. The fraction of sp³-hybridized carbons (Fsp3) is 0.926. The molecule has 3 fully saturated rings. The second-order valence-electron chi connectivity index (χ2n) is 11.3. The zero-order chi connectivity index (χ0) is 24.8. The van der Waals surface area contributed by atoms with E-state index < -0.39 is 36.2 Å². The second-order valence-corrected chi connectivity index (χ2v) is 24.3. The van der Waals surface area contributed by atoms with E-state index >= 15 is 0 Å². The standard InChI is InChI=1S/C15H23O6.3C4H9.Sn/c1-6-7-16-8-9-10-11(19-14(2,3)18-10)12-13(17-9)21-15(4,5)20-12;3*1-3-4-2;/h1,6,9-13H,7-8H2,2-5H3;3*1,3-4H2,2H3;/t9?,10-,11-,12+,13+;;;;/m0..../s1. The van der Waals surface area contributed by atoms with Gasteiger partial charge in [0.15, 0.2) is 0 Å². The Morgan fingerprint density at radius 1 is 0.735 bits per heavy atom. The second kappa shape index (κ2) is 12.7. The van der Waals surface area contributed by atoms with E-state index in [9.17, 15) is 0 Å². The number of hydrogen-bond donors (Lipinski definition) is 0. The molecule has 7 heteroatoms. The molecule has 0 amide bonds. The number of fused-ring (bicyclic) bond motifs is 3. The summed E-state index contributed by atoms with van der Waals surface area (Å²) in [6.45, 7) is 15.8. The van der Waals surface area contributed by atoms with Gasteiger partial charge in [0, 0.05) is 0 Å². The van der Waals surface area contributed by atoms with Crippen LogP contribution in [0.5, 0.6) is 0 Å². The van der Waals surface area contributed by atoms with Gasteiger partial charge in [0.1, 0.15) is 0 Å². The van der Waals surface area contributed by atoms with Crippen LogP contribution in [0.4, 0.5) is 0 Å². The molecule has 0 aromatic rings. The molecular weight excluding hydrogens is 539 g/mol. The van der Waals surface area contributed by atoms with E-state index in [1.807, 2.05) is 27.7 Å². The molecule has 0 N–H and O–H groups in total. The van der Waals surface area contributed by atoms with E-state index in [0.717, 1.165) is 0 Å². The summed E-state index contributed by atoms with van der Waals surface area (Å²) in [6, 6.07) is 0. The molecule has 0 bridgehead atoms. The van der Waals surface area contributed by atoms with Crippen LogP contribution in [0.3, 0.4) is 0 Å². The van der Waals surface area contributed by atoms with Gasteiger partial charge in [0.25, 0.3) is 0 Å². The van der Waals surface area contributed by atoms with Gasteiger partial charge in [0.2, 0.25) is 0 Å². The summed E-state index contributed by atoms with van der Waals surface area (Å²) in [5, 5.41) is 0. The number of rotatable bonds is 14. The minimum absolute atomic E-state index is 0.222. The third kappa shape index (κ3) is 7.65. The van der Waals surface area contributed by atoms with Gasteiger partial charge in [0.05, 0.1) is 0 Å². The van der Waals surface area contributed by atoms with Gasteiger partial charge in [-0.2, -0.15) is 0 Å². The van der Waals surface area contributed by atoms with Crippen LogP contribution in [-0.4, -0.2) is 73.9 Å². The fourth-order valence-corrected chi connectivity index (χ4v) is 19.9. The van der Waals surface area contributed by atoms with Crippen molar-refractivity contribution in [3.8, 4) is 0 Å². The van der Waals surface area contributed by atoms with Gasteiger partial charge in [-0.05, 0) is 0 Å². The molecule has 3 aliphatic rings. The predicted octanol–water partition coefficient (Wildman–Crippen LogP) is 6.34. The van der Waals surface area contributed by atoms with E-state index in [1.165, 1.54) is 51.8 Å². The molecule has 3 rings (SSSR count). The van der Waals surface area contributed by atoms with Crippen molar-refractivity contribution in [2.75, 3.05) is 13.2 Å². The Morgan fingerprint density at radius 3 is 1.85 bits per heavy atom. The van der Waals surface area contributed by atoms with Crippen molar-refractivity contribution in [2.24, 2.45) is 0 Å². The quantitative estimate of drug-likeness (QED) is 0.174. The first-order valence-electron chi connectivity index (χ1n) is 13.8. The molecule has 3 heterocycles. The van der Waals surface area contributed by atoms with E-state index in [4.69, 9.17) is 28.4 Å². The Labute approximate surface area is 212 Å². The van der Waals surface area contributed by atoms with Crippen molar-refractivity contribution in [3.63, 3.8) is 0 Å². The molecule has 0 aliphatic carbocycles. The van der Waals surface area contributed by atoms with Crippen LogP contribution >= 0.6 is 0 Å². The van der Waals surface area contributed by atoms with Gasteiger partial charge < -0.3 is 0 Å². The zero-order valence-corrected chi connectivity index (χ0v) is 25.6. The Kier molecular flexibility index (Phi) is 10.8. The summed E-state index contributed by atoms with van der Waals surface area (Å²) in [7, 11) is 0. The number of hydrogen-bond acceptors (Lipinski definition) is 6. The van der Waals surface area contributed by atoms with Crippen molar-refractivity contribution in [3.05, 3.63) is 10.2 Å². The number of ether oxygens (including phenoxy) is 6. The van der Waals surface area contributed by atoms with Crippen molar-refractivity contribution in [1.29, 1.82) is 0 Å². The van der Waals surface area contributed by atoms with Crippen LogP contribution in [0.25, 0.3) is 0 Å². The summed E-state index contributed by atoms with van der Waals surface area (Å²) >= 11 is -2.26. The van der Waals surface area contributed by atoms with Gasteiger partial charge in [-0.1, -0.05) is 0 Å². The third-order valence-corrected chi connectivity index (χ3v) is 21.5. The van der Waals surface area contributed by atoms with Crippen LogP contribution in [-0.2, 0) is 28.4 Å². The molecule has 3 aliphatic heterocycles. The summed E-state index contributed by atoms with van der Waals surface area (Å²) in [5.41, 5.74) is 0. The van der Waals surface area contributed by atoms with Crippen molar-refractivity contribution in [2.45, 2.75) is 143 Å². The molecule has 3 saturated heterocycles. The predicted molar refractivity (Wildman–Crippen MR) is 137 cm³/mol. The zero-order valence-electron chi connectivity index (χ0n) is 22.8.